The maximum Gasteiger partial charge on any atom is 0.173 e. The van der Waals surface area contributed by atoms with Crippen LogP contribution in [-0.2, 0) is 17.6 Å². The topological polar surface area (TPSA) is 34.4 Å². The zero-order valence-corrected chi connectivity index (χ0v) is 10.3. The van der Waals surface area contributed by atoms with E-state index in [1.165, 1.54) is 6.07 Å². The van der Waals surface area contributed by atoms with E-state index in [1.807, 2.05) is 6.92 Å². The van der Waals surface area contributed by atoms with Gasteiger partial charge in [0.25, 0.3) is 0 Å². The summed E-state index contributed by atoms with van der Waals surface area (Å²) in [6.07, 6.45) is 3.47. The molecule has 3 nitrogen and oxygen atoms in total. The molecule has 0 radical (unpaired) electrons. The Balaban J connectivity index is 2.78. The van der Waals surface area contributed by atoms with E-state index >= 15 is 0 Å². The maximum absolute atomic E-state index is 13.6. The SMILES string of the molecule is CCc1nc2c(F)cc(Br)cn2c1CC=O. The number of hydrogen-bond acceptors (Lipinski definition) is 2. The third-order valence-corrected chi connectivity index (χ3v) is 2.87. The largest absolute Gasteiger partial charge is 0.303 e. The van der Waals surface area contributed by atoms with Crippen molar-refractivity contribution in [3.63, 3.8) is 0 Å². The van der Waals surface area contributed by atoms with Crippen molar-refractivity contribution in [1.82, 2.24) is 9.38 Å². The zero-order chi connectivity index (χ0) is 11.7. The van der Waals surface area contributed by atoms with Crippen LogP contribution in [0.4, 0.5) is 4.39 Å². The lowest BCUT2D eigenvalue weighted by molar-refractivity contribution is -0.107. The molecule has 2 aromatic heterocycles. The summed E-state index contributed by atoms with van der Waals surface area (Å²) < 4.78 is 15.9. The molecule has 2 rings (SSSR count). The van der Waals surface area contributed by atoms with Crippen molar-refractivity contribution < 1.29 is 9.18 Å². The molecule has 0 bridgehead atoms. The van der Waals surface area contributed by atoms with Crippen LogP contribution in [0.3, 0.4) is 0 Å². The molecule has 0 aliphatic heterocycles. The lowest BCUT2D eigenvalue weighted by Gasteiger charge is -2.00. The van der Waals surface area contributed by atoms with Crippen LogP contribution in [0.2, 0.25) is 0 Å². The third kappa shape index (κ3) is 1.75. The summed E-state index contributed by atoms with van der Waals surface area (Å²) in [5.74, 6) is -0.388. The molecule has 0 aliphatic carbocycles. The van der Waals surface area contributed by atoms with E-state index in [4.69, 9.17) is 0 Å². The molecule has 0 atom stereocenters. The van der Waals surface area contributed by atoms with E-state index in [1.54, 1.807) is 10.6 Å². The number of aryl methyl sites for hydroxylation is 1. The highest BCUT2D eigenvalue weighted by atomic mass is 79.9. The molecule has 2 aromatic rings. The number of halogens is 2. The van der Waals surface area contributed by atoms with Crippen molar-refractivity contribution in [2.75, 3.05) is 0 Å². The minimum absolute atomic E-state index is 0.250. The number of fused-ring (bicyclic) bond motifs is 1. The number of nitrogens with zero attached hydrogens (tertiary/aromatic N) is 2. The molecule has 0 aromatic carbocycles. The number of rotatable bonds is 3. The maximum atomic E-state index is 13.6. The van der Waals surface area contributed by atoms with Gasteiger partial charge in [-0.05, 0) is 28.4 Å². The second-order valence-electron chi connectivity index (χ2n) is 3.43. The summed E-state index contributed by atoms with van der Waals surface area (Å²) in [5.41, 5.74) is 1.80. The van der Waals surface area contributed by atoms with Gasteiger partial charge in [-0.15, -0.1) is 0 Å². The lowest BCUT2D eigenvalue weighted by atomic mass is 10.2. The highest BCUT2D eigenvalue weighted by Crippen LogP contribution is 2.20. The molecule has 0 fully saturated rings. The Kier molecular flexibility index (Phi) is 3.05. The van der Waals surface area contributed by atoms with Gasteiger partial charge in [-0.2, -0.15) is 0 Å². The summed E-state index contributed by atoms with van der Waals surface area (Å²) in [5, 5.41) is 0. The van der Waals surface area contributed by atoms with E-state index < -0.39 is 0 Å². The van der Waals surface area contributed by atoms with Gasteiger partial charge in [0.1, 0.15) is 6.29 Å². The van der Waals surface area contributed by atoms with Crippen LogP contribution in [0.5, 0.6) is 0 Å². The van der Waals surface area contributed by atoms with Crippen LogP contribution in [-0.4, -0.2) is 15.7 Å². The molecule has 16 heavy (non-hydrogen) atoms. The predicted octanol–water partition coefficient (Wildman–Crippen LogP) is 2.54. The molecule has 0 spiro atoms. The first-order chi connectivity index (χ1) is 7.67. The number of imidazole rings is 1. The number of hydrogen-bond donors (Lipinski definition) is 0. The fourth-order valence-electron chi connectivity index (χ4n) is 1.75. The number of carbonyl (C=O) groups is 1. The quantitative estimate of drug-likeness (QED) is 0.812. The molecule has 0 N–H and O–H groups in total. The second kappa shape index (κ2) is 4.33. The van der Waals surface area contributed by atoms with Crippen molar-refractivity contribution in [2.24, 2.45) is 0 Å². The summed E-state index contributed by atoms with van der Waals surface area (Å²) in [6.45, 7) is 1.93. The van der Waals surface area contributed by atoms with Crippen molar-refractivity contribution in [3.8, 4) is 0 Å². The predicted molar refractivity (Wildman–Crippen MR) is 62.0 cm³/mol. The monoisotopic (exact) mass is 284 g/mol. The normalized spacial score (nSPS) is 10.9. The van der Waals surface area contributed by atoms with E-state index in [0.29, 0.717) is 10.9 Å². The van der Waals surface area contributed by atoms with Crippen LogP contribution in [0.1, 0.15) is 18.3 Å². The van der Waals surface area contributed by atoms with Crippen molar-refractivity contribution >= 4 is 27.9 Å². The van der Waals surface area contributed by atoms with E-state index in [0.717, 1.165) is 17.7 Å². The van der Waals surface area contributed by atoms with Gasteiger partial charge >= 0.3 is 0 Å². The van der Waals surface area contributed by atoms with Gasteiger partial charge in [0.05, 0.1) is 11.4 Å². The van der Waals surface area contributed by atoms with Gasteiger partial charge in [-0.1, -0.05) is 6.92 Å². The average molecular weight is 285 g/mol. The Morgan fingerprint density at radius 3 is 3.00 bits per heavy atom. The highest BCUT2D eigenvalue weighted by Gasteiger charge is 2.13. The number of aromatic nitrogens is 2. The first-order valence-electron chi connectivity index (χ1n) is 4.95. The lowest BCUT2D eigenvalue weighted by Crippen LogP contribution is -1.98. The average Bonchev–Trinajstić information content (AvgIpc) is 2.58. The van der Waals surface area contributed by atoms with Crippen molar-refractivity contribution in [2.45, 2.75) is 19.8 Å². The molecule has 0 saturated carbocycles. The van der Waals surface area contributed by atoms with Gasteiger partial charge in [0.2, 0.25) is 0 Å². The van der Waals surface area contributed by atoms with Crippen molar-refractivity contribution in [1.29, 1.82) is 0 Å². The first-order valence-corrected chi connectivity index (χ1v) is 5.75. The molecular formula is C11H10BrFN2O. The Hall–Kier alpha value is -1.23. The second-order valence-corrected chi connectivity index (χ2v) is 4.35. The summed E-state index contributed by atoms with van der Waals surface area (Å²) in [7, 11) is 0. The molecule has 0 aliphatic rings. The van der Waals surface area contributed by atoms with Gasteiger partial charge in [0.15, 0.2) is 11.5 Å². The fraction of sp³-hybridized carbons (Fsp3) is 0.273. The molecule has 5 heteroatoms. The van der Waals surface area contributed by atoms with Gasteiger partial charge in [0, 0.05) is 17.1 Å². The van der Waals surface area contributed by atoms with Gasteiger partial charge in [-0.3, -0.25) is 4.40 Å². The molecule has 0 unspecified atom stereocenters. The smallest absolute Gasteiger partial charge is 0.173 e. The van der Waals surface area contributed by atoms with Crippen molar-refractivity contribution in [3.05, 3.63) is 33.9 Å². The third-order valence-electron chi connectivity index (χ3n) is 2.44. The van der Waals surface area contributed by atoms with Crippen LogP contribution in [0.15, 0.2) is 16.7 Å². The zero-order valence-electron chi connectivity index (χ0n) is 8.70. The summed E-state index contributed by atoms with van der Waals surface area (Å²) in [6, 6.07) is 1.37. The summed E-state index contributed by atoms with van der Waals surface area (Å²) in [4.78, 5) is 14.8. The molecule has 0 amide bonds. The first kappa shape index (κ1) is 11.3. The van der Waals surface area contributed by atoms with Gasteiger partial charge < -0.3 is 4.79 Å². The van der Waals surface area contributed by atoms with E-state index in [2.05, 4.69) is 20.9 Å². The number of aldehydes is 1. The Bertz CT molecular complexity index is 550. The van der Waals surface area contributed by atoms with Crippen LogP contribution >= 0.6 is 15.9 Å². The van der Waals surface area contributed by atoms with Crippen LogP contribution in [0, 0.1) is 5.82 Å². The number of carbonyl (C=O) groups excluding carboxylic acids is 1. The van der Waals surface area contributed by atoms with E-state index in [9.17, 15) is 9.18 Å². The molecular weight excluding hydrogens is 275 g/mol. The fourth-order valence-corrected chi connectivity index (χ4v) is 2.15. The highest BCUT2D eigenvalue weighted by molar-refractivity contribution is 9.10. The Labute approximate surface area is 100 Å². The van der Waals surface area contributed by atoms with E-state index in [-0.39, 0.29) is 17.9 Å². The molecule has 84 valence electrons. The standard InChI is InChI=1S/C11H10BrFN2O/c1-2-9-10(3-4-16)15-6-7(12)5-8(13)11(15)14-9/h4-6H,2-3H2,1H3. The van der Waals surface area contributed by atoms with Crippen LogP contribution in [0.25, 0.3) is 5.65 Å². The summed E-state index contributed by atoms with van der Waals surface area (Å²) >= 11 is 3.22. The van der Waals surface area contributed by atoms with Crippen LogP contribution < -0.4 is 0 Å². The minimum Gasteiger partial charge on any atom is -0.303 e. The Morgan fingerprint density at radius 2 is 2.38 bits per heavy atom. The molecule has 2 heterocycles. The van der Waals surface area contributed by atoms with Gasteiger partial charge in [-0.25, -0.2) is 9.37 Å². The Morgan fingerprint density at radius 1 is 1.62 bits per heavy atom. The molecule has 0 saturated heterocycles. The number of pyridine rings is 1. The minimum atomic E-state index is -0.388.